The molecule has 3 rings (SSSR count). The van der Waals surface area contributed by atoms with Crippen molar-refractivity contribution in [2.75, 3.05) is 7.11 Å². The Hall–Kier alpha value is -1.71. The van der Waals surface area contributed by atoms with Gasteiger partial charge >= 0.3 is 5.97 Å². The number of carboxylic acids is 1. The Morgan fingerprint density at radius 3 is 2.55 bits per heavy atom. The molecule has 0 aliphatic heterocycles. The number of carboxylic acid groups (broad SMARTS) is 1. The molecule has 0 bridgehead atoms. The lowest BCUT2D eigenvalue weighted by Crippen LogP contribution is -2.12. The highest BCUT2D eigenvalue weighted by Gasteiger charge is 2.31. The summed E-state index contributed by atoms with van der Waals surface area (Å²) in [5.74, 6) is 1.02. The van der Waals surface area contributed by atoms with Gasteiger partial charge in [0.05, 0.1) is 19.1 Å². The Bertz CT molecular complexity index is 534. The number of carbonyl (C=O) groups is 1. The van der Waals surface area contributed by atoms with E-state index in [-0.39, 0.29) is 5.92 Å². The van der Waals surface area contributed by atoms with Crippen molar-refractivity contribution in [2.45, 2.75) is 57.0 Å². The van der Waals surface area contributed by atoms with Crippen molar-refractivity contribution in [1.82, 2.24) is 0 Å². The van der Waals surface area contributed by atoms with E-state index < -0.39 is 5.97 Å². The summed E-state index contributed by atoms with van der Waals surface area (Å²) >= 11 is 0. The van der Waals surface area contributed by atoms with Gasteiger partial charge in [0.1, 0.15) is 0 Å². The number of hydrogen-bond donors (Lipinski definition) is 1. The zero-order valence-corrected chi connectivity index (χ0v) is 13.1. The van der Waals surface area contributed by atoms with E-state index in [0.29, 0.717) is 12.0 Å². The second-order valence-electron chi connectivity index (χ2n) is 6.48. The van der Waals surface area contributed by atoms with Crippen molar-refractivity contribution in [3.05, 3.63) is 23.8 Å². The third-order valence-electron chi connectivity index (χ3n) is 5.04. The second-order valence-corrected chi connectivity index (χ2v) is 6.48. The third-order valence-corrected chi connectivity index (χ3v) is 5.04. The van der Waals surface area contributed by atoms with Crippen LogP contribution in [0, 0.1) is 5.92 Å². The van der Waals surface area contributed by atoms with Gasteiger partial charge in [-0.05, 0) is 68.6 Å². The Balaban J connectivity index is 1.76. The molecule has 4 heteroatoms. The Kier molecular flexibility index (Phi) is 4.55. The van der Waals surface area contributed by atoms with Crippen LogP contribution in [-0.4, -0.2) is 24.3 Å². The first-order chi connectivity index (χ1) is 10.7. The van der Waals surface area contributed by atoms with Gasteiger partial charge in [-0.3, -0.25) is 4.79 Å². The molecule has 120 valence electrons. The standard InChI is InChI=1S/C18H24O4/c1-21-16-9-8-13(12-6-7-14(10-12)18(19)20)11-17(16)22-15-4-2-3-5-15/h8-9,11-12,14-15H,2-7,10H2,1H3,(H,19,20)/t12-,14+/m0/s1. The molecule has 22 heavy (non-hydrogen) atoms. The highest BCUT2D eigenvalue weighted by atomic mass is 16.5. The number of methoxy groups -OCH3 is 1. The van der Waals surface area contributed by atoms with E-state index in [1.54, 1.807) is 7.11 Å². The zero-order chi connectivity index (χ0) is 15.5. The molecule has 1 aromatic carbocycles. The fourth-order valence-electron chi connectivity index (χ4n) is 3.73. The normalized spacial score (nSPS) is 25.3. The van der Waals surface area contributed by atoms with E-state index in [1.165, 1.54) is 18.4 Å². The van der Waals surface area contributed by atoms with Crippen LogP contribution in [0.15, 0.2) is 18.2 Å². The molecule has 0 spiro atoms. The molecule has 4 nitrogen and oxygen atoms in total. The molecule has 0 amide bonds. The lowest BCUT2D eigenvalue weighted by atomic mass is 9.96. The van der Waals surface area contributed by atoms with Crippen molar-refractivity contribution < 1.29 is 19.4 Å². The van der Waals surface area contributed by atoms with Gasteiger partial charge in [0.2, 0.25) is 0 Å². The molecule has 1 aromatic rings. The summed E-state index contributed by atoms with van der Waals surface area (Å²) in [4.78, 5) is 11.1. The maximum absolute atomic E-state index is 11.1. The van der Waals surface area contributed by atoms with E-state index in [4.69, 9.17) is 14.6 Å². The smallest absolute Gasteiger partial charge is 0.306 e. The van der Waals surface area contributed by atoms with Crippen molar-refractivity contribution in [3.63, 3.8) is 0 Å². The van der Waals surface area contributed by atoms with Crippen LogP contribution < -0.4 is 9.47 Å². The molecule has 0 aromatic heterocycles. The van der Waals surface area contributed by atoms with Gasteiger partial charge in [0.15, 0.2) is 11.5 Å². The van der Waals surface area contributed by atoms with Gasteiger partial charge < -0.3 is 14.6 Å². The molecule has 2 aliphatic carbocycles. The minimum Gasteiger partial charge on any atom is -0.493 e. The summed E-state index contributed by atoms with van der Waals surface area (Å²) in [5.41, 5.74) is 1.18. The van der Waals surface area contributed by atoms with E-state index in [9.17, 15) is 4.79 Å². The summed E-state index contributed by atoms with van der Waals surface area (Å²) < 4.78 is 11.5. The van der Waals surface area contributed by atoms with Gasteiger partial charge in [0.25, 0.3) is 0 Å². The number of hydrogen-bond acceptors (Lipinski definition) is 3. The summed E-state index contributed by atoms with van der Waals surface area (Å²) in [7, 11) is 1.66. The largest absolute Gasteiger partial charge is 0.493 e. The minimum atomic E-state index is -0.668. The molecular formula is C18H24O4. The highest BCUT2D eigenvalue weighted by molar-refractivity contribution is 5.70. The van der Waals surface area contributed by atoms with Crippen LogP contribution in [-0.2, 0) is 4.79 Å². The van der Waals surface area contributed by atoms with E-state index in [0.717, 1.165) is 43.6 Å². The predicted octanol–water partition coefficient (Wildman–Crippen LogP) is 3.98. The molecule has 0 heterocycles. The maximum Gasteiger partial charge on any atom is 0.306 e. The number of aliphatic carboxylic acids is 1. The molecular weight excluding hydrogens is 280 g/mol. The quantitative estimate of drug-likeness (QED) is 0.893. The average Bonchev–Trinajstić information content (AvgIpc) is 3.18. The van der Waals surface area contributed by atoms with Gasteiger partial charge in [-0.1, -0.05) is 6.07 Å². The second kappa shape index (κ2) is 6.59. The van der Waals surface area contributed by atoms with Crippen molar-refractivity contribution in [3.8, 4) is 11.5 Å². The topological polar surface area (TPSA) is 55.8 Å². The summed E-state index contributed by atoms with van der Waals surface area (Å²) in [6.07, 6.45) is 7.40. The van der Waals surface area contributed by atoms with Crippen LogP contribution in [0.3, 0.4) is 0 Å². The summed E-state index contributed by atoms with van der Waals surface area (Å²) in [6.45, 7) is 0. The van der Waals surface area contributed by atoms with Crippen molar-refractivity contribution in [2.24, 2.45) is 5.92 Å². The van der Waals surface area contributed by atoms with Gasteiger partial charge in [-0.25, -0.2) is 0 Å². The Morgan fingerprint density at radius 1 is 1.14 bits per heavy atom. The van der Waals surface area contributed by atoms with Gasteiger partial charge in [-0.15, -0.1) is 0 Å². The lowest BCUT2D eigenvalue weighted by Gasteiger charge is -2.18. The first-order valence-electron chi connectivity index (χ1n) is 8.24. The zero-order valence-electron chi connectivity index (χ0n) is 13.1. The molecule has 2 aliphatic rings. The monoisotopic (exact) mass is 304 g/mol. The fraction of sp³-hybridized carbons (Fsp3) is 0.611. The Labute approximate surface area is 131 Å². The highest BCUT2D eigenvalue weighted by Crippen LogP contribution is 2.41. The van der Waals surface area contributed by atoms with E-state index in [2.05, 4.69) is 12.1 Å². The van der Waals surface area contributed by atoms with Crippen molar-refractivity contribution in [1.29, 1.82) is 0 Å². The van der Waals surface area contributed by atoms with Gasteiger partial charge in [0, 0.05) is 0 Å². The molecule has 2 saturated carbocycles. The predicted molar refractivity (Wildman–Crippen MR) is 83.6 cm³/mol. The number of benzene rings is 1. The van der Waals surface area contributed by atoms with Crippen LogP contribution >= 0.6 is 0 Å². The van der Waals surface area contributed by atoms with E-state index >= 15 is 0 Å². The molecule has 0 radical (unpaired) electrons. The molecule has 2 atom stereocenters. The number of ether oxygens (including phenoxy) is 2. The molecule has 0 saturated heterocycles. The van der Waals surface area contributed by atoms with Crippen LogP contribution in [0.4, 0.5) is 0 Å². The van der Waals surface area contributed by atoms with Crippen molar-refractivity contribution >= 4 is 5.97 Å². The lowest BCUT2D eigenvalue weighted by molar-refractivity contribution is -0.141. The number of rotatable bonds is 5. The first-order valence-corrected chi connectivity index (χ1v) is 8.24. The molecule has 2 fully saturated rings. The summed E-state index contributed by atoms with van der Waals surface area (Å²) in [6, 6.07) is 6.06. The first kappa shape index (κ1) is 15.2. The average molecular weight is 304 g/mol. The molecule has 1 N–H and O–H groups in total. The van der Waals surface area contributed by atoms with Crippen LogP contribution in [0.25, 0.3) is 0 Å². The molecule has 0 unspecified atom stereocenters. The summed E-state index contributed by atoms with van der Waals surface area (Å²) in [5, 5.41) is 9.16. The van der Waals surface area contributed by atoms with Crippen LogP contribution in [0.1, 0.15) is 56.4 Å². The minimum absolute atomic E-state index is 0.202. The Morgan fingerprint density at radius 2 is 1.91 bits per heavy atom. The fourth-order valence-corrected chi connectivity index (χ4v) is 3.73. The third kappa shape index (κ3) is 3.21. The van der Waals surface area contributed by atoms with E-state index in [1.807, 2.05) is 6.07 Å². The maximum atomic E-state index is 11.1. The SMILES string of the molecule is COc1ccc([C@H]2CC[C@@H](C(=O)O)C2)cc1OC1CCCC1. The van der Waals surface area contributed by atoms with Crippen LogP contribution in [0.2, 0.25) is 0 Å². The van der Waals surface area contributed by atoms with Crippen LogP contribution in [0.5, 0.6) is 11.5 Å². The van der Waals surface area contributed by atoms with Gasteiger partial charge in [-0.2, -0.15) is 0 Å².